The SMILES string of the molecule is CCC(NCc1cscn1)C(C)(C)C. The minimum atomic E-state index is 0.324. The van der Waals surface area contributed by atoms with Crippen LogP contribution in [0.5, 0.6) is 0 Å². The fourth-order valence-electron chi connectivity index (χ4n) is 1.62. The largest absolute Gasteiger partial charge is 0.308 e. The van der Waals surface area contributed by atoms with Crippen LogP contribution in [0.4, 0.5) is 0 Å². The third-order valence-corrected chi connectivity index (χ3v) is 3.10. The predicted molar refractivity (Wildman–Crippen MR) is 62.5 cm³/mol. The minimum absolute atomic E-state index is 0.324. The van der Waals surface area contributed by atoms with Gasteiger partial charge >= 0.3 is 0 Å². The van der Waals surface area contributed by atoms with Gasteiger partial charge in [-0.05, 0) is 11.8 Å². The lowest BCUT2D eigenvalue weighted by molar-refractivity contribution is 0.259. The Morgan fingerprint density at radius 1 is 1.50 bits per heavy atom. The molecule has 1 aromatic heterocycles. The van der Waals surface area contributed by atoms with E-state index in [1.807, 2.05) is 5.51 Å². The summed E-state index contributed by atoms with van der Waals surface area (Å²) in [6.45, 7) is 9.93. The number of nitrogens with one attached hydrogen (secondary N) is 1. The minimum Gasteiger partial charge on any atom is -0.308 e. The Morgan fingerprint density at radius 2 is 2.21 bits per heavy atom. The highest BCUT2D eigenvalue weighted by molar-refractivity contribution is 7.07. The van der Waals surface area contributed by atoms with Crippen LogP contribution in [0.1, 0.15) is 39.8 Å². The summed E-state index contributed by atoms with van der Waals surface area (Å²) in [5.74, 6) is 0. The Bertz CT molecular complexity index is 249. The zero-order valence-electron chi connectivity index (χ0n) is 9.50. The summed E-state index contributed by atoms with van der Waals surface area (Å²) >= 11 is 1.66. The number of hydrogen-bond acceptors (Lipinski definition) is 3. The first-order valence-electron chi connectivity index (χ1n) is 5.14. The summed E-state index contributed by atoms with van der Waals surface area (Å²) < 4.78 is 0. The van der Waals surface area contributed by atoms with Crippen molar-refractivity contribution in [1.29, 1.82) is 0 Å². The van der Waals surface area contributed by atoms with Crippen molar-refractivity contribution < 1.29 is 0 Å². The monoisotopic (exact) mass is 212 g/mol. The third-order valence-electron chi connectivity index (χ3n) is 2.47. The molecule has 2 nitrogen and oxygen atoms in total. The molecule has 0 bridgehead atoms. The molecule has 1 unspecified atom stereocenters. The Morgan fingerprint density at radius 3 is 2.64 bits per heavy atom. The first-order valence-corrected chi connectivity index (χ1v) is 6.08. The molecule has 14 heavy (non-hydrogen) atoms. The molecule has 0 spiro atoms. The van der Waals surface area contributed by atoms with Crippen LogP contribution in [0.25, 0.3) is 0 Å². The highest BCUT2D eigenvalue weighted by Crippen LogP contribution is 2.21. The van der Waals surface area contributed by atoms with Gasteiger partial charge in [-0.15, -0.1) is 11.3 Å². The third kappa shape index (κ3) is 3.39. The van der Waals surface area contributed by atoms with Gasteiger partial charge in [0.25, 0.3) is 0 Å². The van der Waals surface area contributed by atoms with Gasteiger partial charge in [0.05, 0.1) is 11.2 Å². The van der Waals surface area contributed by atoms with Crippen LogP contribution >= 0.6 is 11.3 Å². The van der Waals surface area contributed by atoms with Gasteiger partial charge in [0, 0.05) is 18.0 Å². The van der Waals surface area contributed by atoms with Crippen LogP contribution in [-0.4, -0.2) is 11.0 Å². The van der Waals surface area contributed by atoms with Gasteiger partial charge in [-0.3, -0.25) is 0 Å². The summed E-state index contributed by atoms with van der Waals surface area (Å²) in [7, 11) is 0. The smallest absolute Gasteiger partial charge is 0.0795 e. The molecule has 1 atom stereocenters. The van der Waals surface area contributed by atoms with Crippen LogP contribution in [-0.2, 0) is 6.54 Å². The number of rotatable bonds is 4. The molecule has 1 rings (SSSR count). The lowest BCUT2D eigenvalue weighted by atomic mass is 9.85. The van der Waals surface area contributed by atoms with E-state index in [0.29, 0.717) is 11.5 Å². The average molecular weight is 212 g/mol. The highest BCUT2D eigenvalue weighted by atomic mass is 32.1. The Labute approximate surface area is 90.8 Å². The maximum Gasteiger partial charge on any atom is 0.0795 e. The van der Waals surface area contributed by atoms with Gasteiger partial charge < -0.3 is 5.32 Å². The van der Waals surface area contributed by atoms with E-state index in [0.717, 1.165) is 18.7 Å². The van der Waals surface area contributed by atoms with Gasteiger partial charge in [-0.1, -0.05) is 27.7 Å². The molecule has 3 heteroatoms. The molecule has 80 valence electrons. The molecule has 1 heterocycles. The molecule has 1 aromatic rings. The summed E-state index contributed by atoms with van der Waals surface area (Å²) in [6.07, 6.45) is 1.16. The normalized spacial score (nSPS) is 14.3. The van der Waals surface area contributed by atoms with E-state index >= 15 is 0 Å². The van der Waals surface area contributed by atoms with E-state index in [2.05, 4.69) is 43.4 Å². The van der Waals surface area contributed by atoms with E-state index in [1.54, 1.807) is 11.3 Å². The zero-order chi connectivity index (χ0) is 10.6. The molecule has 0 radical (unpaired) electrons. The van der Waals surface area contributed by atoms with Crippen LogP contribution in [0.15, 0.2) is 10.9 Å². The number of hydrogen-bond donors (Lipinski definition) is 1. The number of thiazole rings is 1. The Hall–Kier alpha value is -0.410. The number of nitrogens with zero attached hydrogens (tertiary/aromatic N) is 1. The molecule has 0 saturated carbocycles. The van der Waals surface area contributed by atoms with Crippen LogP contribution in [0, 0.1) is 5.41 Å². The standard InChI is InChI=1S/C11H20N2S/c1-5-10(11(2,3)4)12-6-9-7-14-8-13-9/h7-8,10,12H,5-6H2,1-4H3. The van der Waals surface area contributed by atoms with Crippen molar-refractivity contribution in [3.63, 3.8) is 0 Å². The van der Waals surface area contributed by atoms with Crippen molar-refractivity contribution >= 4 is 11.3 Å². The van der Waals surface area contributed by atoms with Crippen molar-refractivity contribution in [3.8, 4) is 0 Å². The summed E-state index contributed by atoms with van der Waals surface area (Å²) in [4.78, 5) is 4.26. The van der Waals surface area contributed by atoms with Crippen molar-refractivity contribution in [2.24, 2.45) is 5.41 Å². The van der Waals surface area contributed by atoms with E-state index in [9.17, 15) is 0 Å². The lowest BCUT2D eigenvalue weighted by Crippen LogP contribution is -2.39. The van der Waals surface area contributed by atoms with Crippen LogP contribution in [0.3, 0.4) is 0 Å². The summed E-state index contributed by atoms with van der Waals surface area (Å²) in [5, 5.41) is 5.66. The van der Waals surface area contributed by atoms with Crippen molar-refractivity contribution in [2.75, 3.05) is 0 Å². The van der Waals surface area contributed by atoms with E-state index in [4.69, 9.17) is 0 Å². The predicted octanol–water partition coefficient (Wildman–Crippen LogP) is 3.06. The molecular weight excluding hydrogens is 192 g/mol. The maximum atomic E-state index is 4.26. The van der Waals surface area contributed by atoms with Crippen molar-refractivity contribution in [2.45, 2.75) is 46.7 Å². The second-order valence-corrected chi connectivity index (χ2v) is 5.41. The van der Waals surface area contributed by atoms with Crippen molar-refractivity contribution in [3.05, 3.63) is 16.6 Å². The summed E-state index contributed by atoms with van der Waals surface area (Å²) in [6, 6.07) is 0.559. The Kier molecular flexibility index (Phi) is 4.08. The molecule has 0 aliphatic rings. The zero-order valence-corrected chi connectivity index (χ0v) is 10.3. The van der Waals surface area contributed by atoms with Gasteiger partial charge in [0.2, 0.25) is 0 Å². The van der Waals surface area contributed by atoms with E-state index in [1.165, 1.54) is 0 Å². The molecule has 0 fully saturated rings. The fourth-order valence-corrected chi connectivity index (χ4v) is 2.17. The quantitative estimate of drug-likeness (QED) is 0.829. The van der Waals surface area contributed by atoms with Gasteiger partial charge in [0.15, 0.2) is 0 Å². The first-order chi connectivity index (χ1) is 6.54. The Balaban J connectivity index is 2.43. The lowest BCUT2D eigenvalue weighted by Gasteiger charge is -2.30. The molecule has 0 aromatic carbocycles. The second-order valence-electron chi connectivity index (χ2n) is 4.69. The molecule has 1 N–H and O–H groups in total. The maximum absolute atomic E-state index is 4.26. The molecule has 0 amide bonds. The van der Waals surface area contributed by atoms with Gasteiger partial charge in [-0.2, -0.15) is 0 Å². The number of aromatic nitrogens is 1. The molecule has 0 aliphatic heterocycles. The van der Waals surface area contributed by atoms with Gasteiger partial charge in [0.1, 0.15) is 0 Å². The van der Waals surface area contributed by atoms with E-state index < -0.39 is 0 Å². The summed E-state index contributed by atoms with van der Waals surface area (Å²) in [5.41, 5.74) is 3.36. The highest BCUT2D eigenvalue weighted by Gasteiger charge is 2.22. The second kappa shape index (κ2) is 4.89. The average Bonchev–Trinajstić information content (AvgIpc) is 2.55. The van der Waals surface area contributed by atoms with Crippen molar-refractivity contribution in [1.82, 2.24) is 10.3 Å². The topological polar surface area (TPSA) is 24.9 Å². The molecule has 0 saturated heterocycles. The first kappa shape index (κ1) is 11.7. The fraction of sp³-hybridized carbons (Fsp3) is 0.727. The van der Waals surface area contributed by atoms with Crippen LogP contribution < -0.4 is 5.32 Å². The van der Waals surface area contributed by atoms with E-state index in [-0.39, 0.29) is 0 Å². The molecule has 0 aliphatic carbocycles. The van der Waals surface area contributed by atoms with Gasteiger partial charge in [-0.25, -0.2) is 4.98 Å². The van der Waals surface area contributed by atoms with Crippen LogP contribution in [0.2, 0.25) is 0 Å². The molecular formula is C11H20N2S.